The van der Waals surface area contributed by atoms with Crippen molar-refractivity contribution < 1.29 is 9.90 Å². The number of hydrogen-bond donors (Lipinski definition) is 2. The van der Waals surface area contributed by atoms with Gasteiger partial charge in [0.2, 0.25) is 0 Å². The Morgan fingerprint density at radius 1 is 1.53 bits per heavy atom. The fourth-order valence-corrected chi connectivity index (χ4v) is 3.33. The lowest BCUT2D eigenvalue weighted by Crippen LogP contribution is -2.32. The predicted octanol–water partition coefficient (Wildman–Crippen LogP) is 2.41. The first kappa shape index (κ1) is 14.6. The van der Waals surface area contributed by atoms with Crippen LogP contribution in [0.15, 0.2) is 16.7 Å². The Morgan fingerprint density at radius 3 is 2.95 bits per heavy atom. The maximum absolute atomic E-state index is 12.2. The summed E-state index contributed by atoms with van der Waals surface area (Å²) in [6.07, 6.45) is 5.25. The van der Waals surface area contributed by atoms with Gasteiger partial charge in [-0.15, -0.1) is 0 Å². The third kappa shape index (κ3) is 3.39. The maximum Gasteiger partial charge on any atom is 0.267 e. The van der Waals surface area contributed by atoms with Crippen LogP contribution in [0.3, 0.4) is 0 Å². The van der Waals surface area contributed by atoms with Gasteiger partial charge < -0.3 is 15.0 Å². The molecule has 1 fully saturated rings. The minimum absolute atomic E-state index is 0.0314. The van der Waals surface area contributed by atoms with E-state index in [-0.39, 0.29) is 12.5 Å². The Morgan fingerprint density at radius 2 is 2.26 bits per heavy atom. The number of hydrogen-bond acceptors (Lipinski definition) is 2. The van der Waals surface area contributed by atoms with Gasteiger partial charge in [0.25, 0.3) is 5.91 Å². The molecule has 106 valence electrons. The molecule has 2 rings (SSSR count). The number of aryl methyl sites for hydroxylation is 1. The van der Waals surface area contributed by atoms with Crippen LogP contribution in [-0.4, -0.2) is 28.7 Å². The van der Waals surface area contributed by atoms with E-state index in [0.29, 0.717) is 24.1 Å². The summed E-state index contributed by atoms with van der Waals surface area (Å²) in [5.41, 5.74) is 0.688. The van der Waals surface area contributed by atoms with E-state index in [1.807, 2.05) is 23.8 Å². The first-order chi connectivity index (χ1) is 9.15. The van der Waals surface area contributed by atoms with Gasteiger partial charge in [-0.05, 0) is 53.6 Å². The van der Waals surface area contributed by atoms with E-state index in [2.05, 4.69) is 21.2 Å². The molecule has 4 nitrogen and oxygen atoms in total. The number of aromatic nitrogens is 1. The van der Waals surface area contributed by atoms with Crippen LogP contribution < -0.4 is 5.32 Å². The predicted molar refractivity (Wildman–Crippen MR) is 78.1 cm³/mol. The average Bonchev–Trinajstić information content (AvgIpc) is 3.01. The average molecular weight is 329 g/mol. The van der Waals surface area contributed by atoms with Crippen molar-refractivity contribution in [3.63, 3.8) is 0 Å². The number of carbonyl (C=O) groups is 1. The number of halogens is 1. The monoisotopic (exact) mass is 328 g/mol. The highest BCUT2D eigenvalue weighted by atomic mass is 79.9. The summed E-state index contributed by atoms with van der Waals surface area (Å²) in [5, 5.41) is 12.3. The summed E-state index contributed by atoms with van der Waals surface area (Å²) in [7, 11) is 0. The van der Waals surface area contributed by atoms with E-state index in [0.717, 1.165) is 30.3 Å². The lowest BCUT2D eigenvalue weighted by atomic mass is 9.97. The molecule has 5 heteroatoms. The molecule has 19 heavy (non-hydrogen) atoms. The molecule has 0 spiro atoms. The Bertz CT molecular complexity index is 445. The van der Waals surface area contributed by atoms with Crippen molar-refractivity contribution in [2.75, 3.05) is 13.2 Å². The number of aliphatic hydroxyl groups is 1. The molecule has 0 aromatic carbocycles. The van der Waals surface area contributed by atoms with Crippen molar-refractivity contribution in [3.05, 3.63) is 22.4 Å². The molecular weight excluding hydrogens is 308 g/mol. The summed E-state index contributed by atoms with van der Waals surface area (Å²) in [6.45, 7) is 3.69. The van der Waals surface area contributed by atoms with E-state index in [1.54, 1.807) is 0 Å². The van der Waals surface area contributed by atoms with Crippen LogP contribution in [0.4, 0.5) is 0 Å². The van der Waals surface area contributed by atoms with Crippen molar-refractivity contribution in [2.24, 2.45) is 11.8 Å². The minimum atomic E-state index is -0.0314. The van der Waals surface area contributed by atoms with Gasteiger partial charge in [-0.1, -0.05) is 6.42 Å². The van der Waals surface area contributed by atoms with Crippen LogP contribution in [0.1, 0.15) is 36.7 Å². The zero-order chi connectivity index (χ0) is 13.8. The number of aliphatic hydroxyl groups excluding tert-OH is 1. The van der Waals surface area contributed by atoms with Crippen molar-refractivity contribution in [1.82, 2.24) is 9.88 Å². The number of carbonyl (C=O) groups excluding carboxylic acids is 1. The van der Waals surface area contributed by atoms with Gasteiger partial charge in [-0.25, -0.2) is 0 Å². The van der Waals surface area contributed by atoms with E-state index in [1.165, 1.54) is 0 Å². The molecule has 2 unspecified atom stereocenters. The normalized spacial score (nSPS) is 22.7. The van der Waals surface area contributed by atoms with E-state index in [9.17, 15) is 9.90 Å². The number of amides is 1. The van der Waals surface area contributed by atoms with Crippen LogP contribution in [-0.2, 0) is 6.54 Å². The standard InChI is InChI=1S/C14H21BrN2O2/c1-2-17-8-12(15)6-13(17)14(19)16-7-10-4-3-5-11(10)9-18/h6,8,10-11,18H,2-5,7,9H2,1H3,(H,16,19). The molecule has 1 amide bonds. The summed E-state index contributed by atoms with van der Waals surface area (Å²) < 4.78 is 2.85. The van der Waals surface area contributed by atoms with Gasteiger partial charge in [0.1, 0.15) is 5.69 Å². The highest BCUT2D eigenvalue weighted by Gasteiger charge is 2.27. The molecule has 2 atom stereocenters. The lowest BCUT2D eigenvalue weighted by molar-refractivity contribution is 0.0928. The second-order valence-corrected chi connectivity index (χ2v) is 6.09. The molecule has 0 bridgehead atoms. The van der Waals surface area contributed by atoms with Crippen LogP contribution in [0.2, 0.25) is 0 Å². The van der Waals surface area contributed by atoms with Gasteiger partial charge in [0, 0.05) is 30.4 Å². The fraction of sp³-hybridized carbons (Fsp3) is 0.643. The molecule has 0 saturated heterocycles. The quantitative estimate of drug-likeness (QED) is 0.872. The summed E-state index contributed by atoms with van der Waals surface area (Å²) in [6, 6.07) is 1.84. The SMILES string of the molecule is CCn1cc(Br)cc1C(=O)NCC1CCCC1CO. The summed E-state index contributed by atoms with van der Waals surface area (Å²) >= 11 is 3.40. The van der Waals surface area contributed by atoms with Gasteiger partial charge in [0.15, 0.2) is 0 Å². The van der Waals surface area contributed by atoms with Crippen molar-refractivity contribution in [1.29, 1.82) is 0 Å². The van der Waals surface area contributed by atoms with Crippen molar-refractivity contribution in [2.45, 2.75) is 32.7 Å². The fourth-order valence-electron chi connectivity index (χ4n) is 2.86. The van der Waals surface area contributed by atoms with Gasteiger partial charge in [0.05, 0.1) is 0 Å². The zero-order valence-corrected chi connectivity index (χ0v) is 12.8. The second kappa shape index (κ2) is 6.57. The van der Waals surface area contributed by atoms with Gasteiger partial charge in [-0.3, -0.25) is 4.79 Å². The Kier molecular flexibility index (Phi) is 5.05. The van der Waals surface area contributed by atoms with Crippen LogP contribution in [0.25, 0.3) is 0 Å². The number of nitrogens with zero attached hydrogens (tertiary/aromatic N) is 1. The molecule has 0 radical (unpaired) electrons. The molecule has 1 aromatic rings. The molecule has 1 saturated carbocycles. The smallest absolute Gasteiger partial charge is 0.267 e. The molecule has 1 aliphatic carbocycles. The highest BCUT2D eigenvalue weighted by Crippen LogP contribution is 2.30. The van der Waals surface area contributed by atoms with Crippen LogP contribution in [0, 0.1) is 11.8 Å². The third-order valence-corrected chi connectivity index (χ3v) is 4.45. The third-order valence-electron chi connectivity index (χ3n) is 4.01. The molecule has 1 aromatic heterocycles. The molecular formula is C14H21BrN2O2. The van der Waals surface area contributed by atoms with Crippen molar-refractivity contribution in [3.8, 4) is 0 Å². The van der Waals surface area contributed by atoms with Crippen molar-refractivity contribution >= 4 is 21.8 Å². The molecule has 0 aliphatic heterocycles. The summed E-state index contributed by atoms with van der Waals surface area (Å²) in [4.78, 5) is 12.2. The first-order valence-corrected chi connectivity index (χ1v) is 7.69. The van der Waals surface area contributed by atoms with Crippen LogP contribution >= 0.6 is 15.9 Å². The summed E-state index contributed by atoms with van der Waals surface area (Å²) in [5.74, 6) is 0.739. The van der Waals surface area contributed by atoms with Gasteiger partial charge >= 0.3 is 0 Å². The van der Waals surface area contributed by atoms with E-state index in [4.69, 9.17) is 0 Å². The Balaban J connectivity index is 1.94. The van der Waals surface area contributed by atoms with E-state index >= 15 is 0 Å². The largest absolute Gasteiger partial charge is 0.396 e. The topological polar surface area (TPSA) is 54.3 Å². The zero-order valence-electron chi connectivity index (χ0n) is 11.2. The van der Waals surface area contributed by atoms with Crippen LogP contribution in [0.5, 0.6) is 0 Å². The first-order valence-electron chi connectivity index (χ1n) is 6.90. The molecule has 2 N–H and O–H groups in total. The number of nitrogens with one attached hydrogen (secondary N) is 1. The van der Waals surface area contributed by atoms with Gasteiger partial charge in [-0.2, -0.15) is 0 Å². The van der Waals surface area contributed by atoms with E-state index < -0.39 is 0 Å². The molecule has 1 aliphatic rings. The highest BCUT2D eigenvalue weighted by molar-refractivity contribution is 9.10. The Hall–Kier alpha value is -0.810. The minimum Gasteiger partial charge on any atom is -0.396 e. The Labute approximate surface area is 122 Å². The second-order valence-electron chi connectivity index (χ2n) is 5.17. The number of rotatable bonds is 5. The lowest BCUT2D eigenvalue weighted by Gasteiger charge is -2.18. The maximum atomic E-state index is 12.2. The molecule has 1 heterocycles.